The van der Waals surface area contributed by atoms with Crippen LogP contribution in [0.15, 0.2) is 11.8 Å². The van der Waals surface area contributed by atoms with Crippen LogP contribution in [0, 0.1) is 0 Å². The van der Waals surface area contributed by atoms with Gasteiger partial charge < -0.3 is 11.1 Å². The molecule has 0 aromatic heterocycles. The van der Waals surface area contributed by atoms with Gasteiger partial charge in [0.2, 0.25) is 0 Å². The zero-order chi connectivity index (χ0) is 6.69. The van der Waals surface area contributed by atoms with Gasteiger partial charge >= 0.3 is 0 Å². The lowest BCUT2D eigenvalue weighted by Gasteiger charge is -2.02. The van der Waals surface area contributed by atoms with Gasteiger partial charge in [-0.25, -0.2) is 0 Å². The quantitative estimate of drug-likeness (QED) is 0.540. The summed E-state index contributed by atoms with van der Waals surface area (Å²) in [5, 5.41) is 3.33. The Morgan fingerprint density at radius 1 is 1.78 bits per heavy atom. The molecule has 1 saturated heterocycles. The molecule has 1 aliphatic heterocycles. The van der Waals surface area contributed by atoms with E-state index in [-0.39, 0.29) is 0 Å². The highest BCUT2D eigenvalue weighted by Crippen LogP contribution is 2.06. The Morgan fingerprint density at radius 3 is 3.00 bits per heavy atom. The van der Waals surface area contributed by atoms with Gasteiger partial charge in [0.1, 0.15) is 0 Å². The summed E-state index contributed by atoms with van der Waals surface area (Å²) in [6.45, 7) is 3.08. The average molecular weight is 126 g/mol. The molecule has 1 aliphatic rings. The summed E-state index contributed by atoms with van der Waals surface area (Å²) in [5.74, 6) is 0. The Labute approximate surface area is 56.1 Å². The van der Waals surface area contributed by atoms with Gasteiger partial charge in [0.05, 0.1) is 0 Å². The van der Waals surface area contributed by atoms with Crippen molar-refractivity contribution in [3.63, 3.8) is 0 Å². The molecule has 1 fully saturated rings. The van der Waals surface area contributed by atoms with E-state index in [1.807, 2.05) is 6.92 Å². The minimum atomic E-state index is 0.551. The molecule has 0 saturated carbocycles. The minimum absolute atomic E-state index is 0.551. The van der Waals surface area contributed by atoms with Crippen LogP contribution >= 0.6 is 0 Å². The first-order chi connectivity index (χ1) is 4.29. The van der Waals surface area contributed by atoms with Crippen LogP contribution in [0.25, 0.3) is 0 Å². The fraction of sp³-hybridized carbons (Fsp3) is 0.714. The van der Waals surface area contributed by atoms with Crippen molar-refractivity contribution in [1.82, 2.24) is 5.32 Å². The molecule has 1 heterocycles. The predicted octanol–water partition coefficient (Wildman–Crippen LogP) is 0.601. The van der Waals surface area contributed by atoms with Gasteiger partial charge in [0.15, 0.2) is 0 Å². The highest BCUT2D eigenvalue weighted by molar-refractivity contribution is 5.01. The van der Waals surface area contributed by atoms with Gasteiger partial charge in [0, 0.05) is 11.7 Å². The van der Waals surface area contributed by atoms with E-state index in [2.05, 4.69) is 11.4 Å². The lowest BCUT2D eigenvalue weighted by molar-refractivity contribution is 0.721. The second kappa shape index (κ2) is 2.87. The molecule has 0 aromatic carbocycles. The normalized spacial score (nSPS) is 29.0. The number of rotatable bonds is 1. The van der Waals surface area contributed by atoms with Crippen LogP contribution in [0.5, 0.6) is 0 Å². The molecule has 0 aromatic rings. The Balaban J connectivity index is 2.35. The molecule has 52 valence electrons. The smallest absolute Gasteiger partial charge is 0.0269 e. The maximum absolute atomic E-state index is 5.49. The molecular weight excluding hydrogens is 112 g/mol. The molecule has 3 N–H and O–H groups in total. The molecule has 0 amide bonds. The summed E-state index contributed by atoms with van der Waals surface area (Å²) in [7, 11) is 0. The molecule has 2 nitrogen and oxygen atoms in total. The van der Waals surface area contributed by atoms with Gasteiger partial charge in [-0.2, -0.15) is 0 Å². The van der Waals surface area contributed by atoms with Crippen LogP contribution in [-0.2, 0) is 0 Å². The first kappa shape index (κ1) is 6.62. The molecule has 1 atom stereocenters. The van der Waals surface area contributed by atoms with E-state index >= 15 is 0 Å². The van der Waals surface area contributed by atoms with Crippen LogP contribution in [0.3, 0.4) is 0 Å². The lowest BCUT2D eigenvalue weighted by Crippen LogP contribution is -2.19. The molecule has 0 radical (unpaired) electrons. The van der Waals surface area contributed by atoms with Crippen LogP contribution in [-0.4, -0.2) is 12.6 Å². The minimum Gasteiger partial charge on any atom is -0.402 e. The van der Waals surface area contributed by atoms with Crippen LogP contribution in [0.4, 0.5) is 0 Å². The molecule has 0 spiro atoms. The number of hydrogen-bond acceptors (Lipinski definition) is 2. The Morgan fingerprint density at radius 2 is 2.56 bits per heavy atom. The second-order valence-corrected chi connectivity index (χ2v) is 2.61. The molecule has 2 heteroatoms. The second-order valence-electron chi connectivity index (χ2n) is 2.61. The third-order valence-electron chi connectivity index (χ3n) is 1.56. The van der Waals surface area contributed by atoms with Crippen molar-refractivity contribution in [2.24, 2.45) is 5.73 Å². The highest BCUT2D eigenvalue weighted by Gasteiger charge is 2.09. The third-order valence-corrected chi connectivity index (χ3v) is 1.56. The highest BCUT2D eigenvalue weighted by atomic mass is 14.9. The number of allylic oxidation sites excluding steroid dienone is 1. The predicted molar refractivity (Wildman–Crippen MR) is 39.0 cm³/mol. The van der Waals surface area contributed by atoms with Crippen LogP contribution < -0.4 is 11.1 Å². The molecule has 0 aliphatic carbocycles. The molecule has 1 rings (SSSR count). The zero-order valence-electron chi connectivity index (χ0n) is 5.85. The average Bonchev–Trinajstić information content (AvgIpc) is 2.15. The monoisotopic (exact) mass is 126 g/mol. The summed E-state index contributed by atoms with van der Waals surface area (Å²) < 4.78 is 0. The first-order valence-electron chi connectivity index (χ1n) is 3.46. The van der Waals surface area contributed by atoms with E-state index in [1.165, 1.54) is 12.8 Å². The Kier molecular flexibility index (Phi) is 2.11. The van der Waals surface area contributed by atoms with Crippen molar-refractivity contribution in [3.05, 3.63) is 11.8 Å². The van der Waals surface area contributed by atoms with E-state index in [0.29, 0.717) is 6.04 Å². The van der Waals surface area contributed by atoms with E-state index < -0.39 is 0 Å². The summed E-state index contributed by atoms with van der Waals surface area (Å²) >= 11 is 0. The van der Waals surface area contributed by atoms with E-state index in [4.69, 9.17) is 5.73 Å². The van der Waals surface area contributed by atoms with Crippen molar-refractivity contribution in [2.75, 3.05) is 6.54 Å². The van der Waals surface area contributed by atoms with Gasteiger partial charge in [-0.05, 0) is 32.4 Å². The third kappa shape index (κ3) is 2.06. The van der Waals surface area contributed by atoms with Crippen molar-refractivity contribution < 1.29 is 0 Å². The zero-order valence-corrected chi connectivity index (χ0v) is 5.85. The first-order valence-corrected chi connectivity index (χ1v) is 3.46. The number of nitrogens with one attached hydrogen (secondary N) is 1. The summed E-state index contributed by atoms with van der Waals surface area (Å²) in [6, 6.07) is 0.551. The molecule has 1 unspecified atom stereocenters. The van der Waals surface area contributed by atoms with Crippen molar-refractivity contribution in [3.8, 4) is 0 Å². The van der Waals surface area contributed by atoms with Gasteiger partial charge in [0.25, 0.3) is 0 Å². The van der Waals surface area contributed by atoms with E-state index in [9.17, 15) is 0 Å². The topological polar surface area (TPSA) is 38.0 Å². The van der Waals surface area contributed by atoms with Crippen molar-refractivity contribution in [1.29, 1.82) is 0 Å². The van der Waals surface area contributed by atoms with E-state index in [1.54, 1.807) is 0 Å². The molecular formula is C7H14N2. The SMILES string of the molecule is CC(N)=CC1CCCN1. The maximum atomic E-state index is 5.49. The van der Waals surface area contributed by atoms with Crippen molar-refractivity contribution >= 4 is 0 Å². The molecule has 9 heavy (non-hydrogen) atoms. The van der Waals surface area contributed by atoms with Crippen LogP contribution in [0.2, 0.25) is 0 Å². The summed E-state index contributed by atoms with van der Waals surface area (Å²) in [5.41, 5.74) is 6.42. The standard InChI is InChI=1S/C7H14N2/c1-6(8)5-7-3-2-4-9-7/h5,7,9H,2-4,8H2,1H3. The fourth-order valence-electron chi connectivity index (χ4n) is 1.17. The fourth-order valence-corrected chi connectivity index (χ4v) is 1.17. The lowest BCUT2D eigenvalue weighted by atomic mass is 10.2. The van der Waals surface area contributed by atoms with Gasteiger partial charge in [-0.1, -0.05) is 0 Å². The number of hydrogen-bond donors (Lipinski definition) is 2. The van der Waals surface area contributed by atoms with Crippen LogP contribution in [0.1, 0.15) is 19.8 Å². The Hall–Kier alpha value is -0.500. The summed E-state index contributed by atoms with van der Waals surface area (Å²) in [4.78, 5) is 0. The van der Waals surface area contributed by atoms with E-state index in [0.717, 1.165) is 12.2 Å². The largest absolute Gasteiger partial charge is 0.402 e. The molecule has 0 bridgehead atoms. The Bertz CT molecular complexity index is 108. The number of nitrogens with two attached hydrogens (primary N) is 1. The maximum Gasteiger partial charge on any atom is 0.0269 e. The van der Waals surface area contributed by atoms with Gasteiger partial charge in [-0.15, -0.1) is 0 Å². The van der Waals surface area contributed by atoms with Gasteiger partial charge in [-0.3, -0.25) is 0 Å². The van der Waals surface area contributed by atoms with Crippen molar-refractivity contribution in [2.45, 2.75) is 25.8 Å². The summed E-state index contributed by atoms with van der Waals surface area (Å²) in [6.07, 6.45) is 4.62.